The quantitative estimate of drug-likeness (QED) is 0.755. The second-order valence-corrected chi connectivity index (χ2v) is 5.87. The molecular weight excluding hydrogens is 290 g/mol. The molecular formula is C14H21N3O5. The molecule has 0 saturated carbocycles. The van der Waals surface area contributed by atoms with E-state index in [-0.39, 0.29) is 24.8 Å². The van der Waals surface area contributed by atoms with Gasteiger partial charge >= 0.3 is 11.7 Å². The second kappa shape index (κ2) is 6.05. The molecule has 3 N–H and O–H groups in total. The first-order valence-electron chi connectivity index (χ1n) is 7.11. The average Bonchev–Trinajstić information content (AvgIpc) is 2.68. The Morgan fingerprint density at radius 2 is 2.27 bits per heavy atom. The van der Waals surface area contributed by atoms with Gasteiger partial charge in [-0.2, -0.15) is 4.98 Å². The Kier molecular flexibility index (Phi) is 4.52. The molecule has 0 bridgehead atoms. The first-order valence-corrected chi connectivity index (χ1v) is 7.11. The number of rotatable bonds is 4. The Morgan fingerprint density at radius 1 is 1.59 bits per heavy atom. The number of nitrogen functional groups attached to an aromatic ring is 1. The van der Waals surface area contributed by atoms with E-state index in [0.717, 1.165) is 0 Å². The summed E-state index contributed by atoms with van der Waals surface area (Å²) in [5, 5.41) is 10.4. The zero-order valence-electron chi connectivity index (χ0n) is 12.9. The molecule has 22 heavy (non-hydrogen) atoms. The molecule has 3 atom stereocenters. The summed E-state index contributed by atoms with van der Waals surface area (Å²) in [4.78, 5) is 26.9. The van der Waals surface area contributed by atoms with E-state index >= 15 is 0 Å². The summed E-state index contributed by atoms with van der Waals surface area (Å²) in [5.74, 6) is -0.255. The minimum atomic E-state index is -0.897. The van der Waals surface area contributed by atoms with Crippen LogP contribution in [0.15, 0.2) is 17.1 Å². The molecule has 1 unspecified atom stereocenters. The summed E-state index contributed by atoms with van der Waals surface area (Å²) in [7, 11) is 0. The fourth-order valence-electron chi connectivity index (χ4n) is 2.48. The number of aliphatic hydroxyl groups is 1. The summed E-state index contributed by atoms with van der Waals surface area (Å²) in [5.41, 5.74) is 4.15. The monoisotopic (exact) mass is 311 g/mol. The lowest BCUT2D eigenvalue weighted by atomic mass is 9.84. The van der Waals surface area contributed by atoms with Crippen molar-refractivity contribution in [1.82, 2.24) is 9.55 Å². The van der Waals surface area contributed by atoms with Crippen molar-refractivity contribution in [1.29, 1.82) is 0 Å². The first-order chi connectivity index (χ1) is 10.3. The molecule has 1 aliphatic heterocycles. The molecule has 8 heteroatoms. The fraction of sp³-hybridized carbons (Fsp3) is 0.643. The number of nitrogens with two attached hydrogens (primary N) is 1. The van der Waals surface area contributed by atoms with E-state index in [2.05, 4.69) is 4.98 Å². The summed E-state index contributed by atoms with van der Waals surface area (Å²) in [6.07, 6.45) is -0.610. The highest BCUT2D eigenvalue weighted by Gasteiger charge is 2.51. The molecule has 1 fully saturated rings. The zero-order valence-corrected chi connectivity index (χ0v) is 12.9. The van der Waals surface area contributed by atoms with Crippen LogP contribution in [0.3, 0.4) is 0 Å². The number of ether oxygens (including phenoxy) is 2. The van der Waals surface area contributed by atoms with Crippen LogP contribution in [-0.4, -0.2) is 39.4 Å². The number of esters is 1. The summed E-state index contributed by atoms with van der Waals surface area (Å²) in [6, 6.07) is 1.48. The fourth-order valence-corrected chi connectivity index (χ4v) is 2.48. The van der Waals surface area contributed by atoms with Crippen LogP contribution in [0.4, 0.5) is 5.82 Å². The van der Waals surface area contributed by atoms with Gasteiger partial charge in [-0.15, -0.1) is 0 Å². The summed E-state index contributed by atoms with van der Waals surface area (Å²) < 4.78 is 12.1. The predicted molar refractivity (Wildman–Crippen MR) is 77.9 cm³/mol. The molecule has 2 heterocycles. The first kappa shape index (κ1) is 16.4. The Labute approximate surface area is 127 Å². The molecule has 1 aromatic rings. The van der Waals surface area contributed by atoms with Crippen molar-refractivity contribution in [2.45, 2.75) is 45.6 Å². The third kappa shape index (κ3) is 2.97. The number of aromatic nitrogens is 2. The molecule has 0 amide bonds. The van der Waals surface area contributed by atoms with E-state index < -0.39 is 29.5 Å². The van der Waals surface area contributed by atoms with Gasteiger partial charge in [0.1, 0.15) is 24.8 Å². The van der Waals surface area contributed by atoms with E-state index in [9.17, 15) is 14.7 Å². The van der Waals surface area contributed by atoms with Gasteiger partial charge in [0.15, 0.2) is 0 Å². The number of nitrogens with zero attached hydrogens (tertiary/aromatic N) is 2. The van der Waals surface area contributed by atoms with Crippen LogP contribution < -0.4 is 11.4 Å². The average molecular weight is 311 g/mol. The number of hydrogen-bond donors (Lipinski definition) is 2. The predicted octanol–water partition coefficient (Wildman–Crippen LogP) is 0.0632. The van der Waals surface area contributed by atoms with Gasteiger partial charge in [0, 0.05) is 18.0 Å². The normalized spacial score (nSPS) is 26.8. The molecule has 0 spiro atoms. The van der Waals surface area contributed by atoms with Gasteiger partial charge in [-0.25, -0.2) is 4.79 Å². The SMILES string of the molecule is CCC(=O)OC[C@H]1O[C@@H](n2ccc(N)nc2=O)C(C)(C)C1O. The number of carbonyl (C=O) groups excluding carboxylic acids is 1. The van der Waals surface area contributed by atoms with Crippen LogP contribution >= 0.6 is 0 Å². The molecule has 8 nitrogen and oxygen atoms in total. The maximum Gasteiger partial charge on any atom is 0.351 e. The van der Waals surface area contributed by atoms with Crippen molar-refractivity contribution in [3.63, 3.8) is 0 Å². The third-order valence-corrected chi connectivity index (χ3v) is 3.86. The molecule has 1 saturated heterocycles. The van der Waals surface area contributed by atoms with E-state index in [1.807, 2.05) is 0 Å². The summed E-state index contributed by atoms with van der Waals surface area (Å²) in [6.45, 7) is 5.16. The second-order valence-electron chi connectivity index (χ2n) is 5.87. The molecule has 0 radical (unpaired) electrons. The van der Waals surface area contributed by atoms with Crippen molar-refractivity contribution < 1.29 is 19.4 Å². The van der Waals surface area contributed by atoms with Crippen molar-refractivity contribution in [3.8, 4) is 0 Å². The van der Waals surface area contributed by atoms with E-state index in [0.29, 0.717) is 0 Å². The van der Waals surface area contributed by atoms with Crippen LogP contribution in [0.5, 0.6) is 0 Å². The zero-order chi connectivity index (χ0) is 16.5. The number of hydrogen-bond acceptors (Lipinski definition) is 7. The molecule has 2 rings (SSSR count). The molecule has 1 aliphatic rings. The highest BCUT2D eigenvalue weighted by atomic mass is 16.6. The van der Waals surface area contributed by atoms with Gasteiger partial charge in [-0.1, -0.05) is 20.8 Å². The van der Waals surface area contributed by atoms with Crippen LogP contribution in [0, 0.1) is 5.41 Å². The van der Waals surface area contributed by atoms with E-state index in [1.165, 1.54) is 16.8 Å². The molecule has 0 aliphatic carbocycles. The minimum absolute atomic E-state index is 0.0646. The van der Waals surface area contributed by atoms with E-state index in [1.54, 1.807) is 20.8 Å². The summed E-state index contributed by atoms with van der Waals surface area (Å²) >= 11 is 0. The standard InChI is InChI=1S/C14H21N3O5/c1-4-10(18)21-7-8-11(19)14(2,3)12(22-8)17-6-5-9(15)16-13(17)20/h5-6,8,11-12,19H,4,7H2,1-3H3,(H2,15,16,20)/t8-,11?,12-/m1/s1. The Hall–Kier alpha value is -1.93. The minimum Gasteiger partial charge on any atom is -0.463 e. The Balaban J connectivity index is 2.22. The van der Waals surface area contributed by atoms with Crippen molar-refractivity contribution in [3.05, 3.63) is 22.7 Å². The van der Waals surface area contributed by atoms with Crippen molar-refractivity contribution in [2.24, 2.45) is 5.41 Å². The highest BCUT2D eigenvalue weighted by Crippen LogP contribution is 2.44. The van der Waals surface area contributed by atoms with Crippen LogP contribution in [0.2, 0.25) is 0 Å². The highest BCUT2D eigenvalue weighted by molar-refractivity contribution is 5.68. The van der Waals surface area contributed by atoms with Crippen LogP contribution in [-0.2, 0) is 14.3 Å². The number of carbonyl (C=O) groups is 1. The van der Waals surface area contributed by atoms with Gasteiger partial charge in [0.05, 0.1) is 6.10 Å². The van der Waals surface area contributed by atoms with Crippen LogP contribution in [0.1, 0.15) is 33.4 Å². The number of aliphatic hydroxyl groups excluding tert-OH is 1. The van der Waals surface area contributed by atoms with Crippen molar-refractivity contribution >= 4 is 11.8 Å². The van der Waals surface area contributed by atoms with Crippen LogP contribution in [0.25, 0.3) is 0 Å². The smallest absolute Gasteiger partial charge is 0.351 e. The van der Waals surface area contributed by atoms with Gasteiger partial charge in [0.25, 0.3) is 0 Å². The van der Waals surface area contributed by atoms with Gasteiger partial charge in [-0.3, -0.25) is 9.36 Å². The van der Waals surface area contributed by atoms with Crippen molar-refractivity contribution in [2.75, 3.05) is 12.3 Å². The maximum absolute atomic E-state index is 12.0. The lowest BCUT2D eigenvalue weighted by molar-refractivity contribution is -0.149. The Morgan fingerprint density at radius 3 is 2.86 bits per heavy atom. The largest absolute Gasteiger partial charge is 0.463 e. The van der Waals surface area contributed by atoms with Gasteiger partial charge in [0.2, 0.25) is 0 Å². The van der Waals surface area contributed by atoms with Gasteiger partial charge in [-0.05, 0) is 6.07 Å². The molecule has 122 valence electrons. The number of anilines is 1. The lowest BCUT2D eigenvalue weighted by Gasteiger charge is -2.28. The third-order valence-electron chi connectivity index (χ3n) is 3.86. The lowest BCUT2D eigenvalue weighted by Crippen LogP contribution is -2.38. The molecule has 1 aromatic heterocycles. The van der Waals surface area contributed by atoms with Gasteiger partial charge < -0.3 is 20.3 Å². The Bertz CT molecular complexity index is 613. The van der Waals surface area contributed by atoms with E-state index in [4.69, 9.17) is 15.2 Å². The molecule has 0 aromatic carbocycles. The maximum atomic E-state index is 12.0. The topological polar surface area (TPSA) is 117 Å².